The highest BCUT2D eigenvalue weighted by Crippen LogP contribution is 2.19. The van der Waals surface area contributed by atoms with E-state index in [-0.39, 0.29) is 0 Å². The minimum atomic E-state index is 0.706. The summed E-state index contributed by atoms with van der Waals surface area (Å²) in [6.45, 7) is 6.69. The average molecular weight is 233 g/mol. The van der Waals surface area contributed by atoms with Gasteiger partial charge < -0.3 is 10.6 Å². The minimum absolute atomic E-state index is 0.706. The van der Waals surface area contributed by atoms with Crippen molar-refractivity contribution in [1.82, 2.24) is 14.6 Å². The van der Waals surface area contributed by atoms with Gasteiger partial charge in [0.2, 0.25) is 0 Å². The summed E-state index contributed by atoms with van der Waals surface area (Å²) in [4.78, 5) is 6.71. The van der Waals surface area contributed by atoms with E-state index in [2.05, 4.69) is 28.0 Å². The third-order valence-corrected chi connectivity index (χ3v) is 2.81. The van der Waals surface area contributed by atoms with Gasteiger partial charge in [0.25, 0.3) is 0 Å². The number of nitrogens with two attached hydrogens (primary N) is 1. The molecule has 17 heavy (non-hydrogen) atoms. The fourth-order valence-electron chi connectivity index (χ4n) is 1.97. The van der Waals surface area contributed by atoms with Crippen LogP contribution in [-0.2, 0) is 0 Å². The highest BCUT2D eigenvalue weighted by Gasteiger charge is 2.11. The standard InChI is InChI=1S/C12H19N5/c1-3-16(7-4-5-13)12-11-9-10(2)15-17(11)8-6-14-12/h6,8-9H,3-5,7,13H2,1-2H3. The van der Waals surface area contributed by atoms with Gasteiger partial charge in [-0.05, 0) is 32.9 Å². The Hall–Kier alpha value is -1.62. The second-order valence-electron chi connectivity index (χ2n) is 4.09. The summed E-state index contributed by atoms with van der Waals surface area (Å²) < 4.78 is 1.88. The first kappa shape index (κ1) is 11.9. The van der Waals surface area contributed by atoms with Crippen LogP contribution in [0.15, 0.2) is 18.5 Å². The molecule has 2 aromatic rings. The van der Waals surface area contributed by atoms with Crippen molar-refractivity contribution < 1.29 is 0 Å². The Kier molecular flexibility index (Phi) is 3.58. The summed E-state index contributed by atoms with van der Waals surface area (Å²) in [5.41, 5.74) is 7.63. The van der Waals surface area contributed by atoms with Gasteiger partial charge in [-0.15, -0.1) is 0 Å². The van der Waals surface area contributed by atoms with E-state index in [0.29, 0.717) is 6.54 Å². The summed E-state index contributed by atoms with van der Waals surface area (Å²) >= 11 is 0. The zero-order valence-corrected chi connectivity index (χ0v) is 10.4. The monoisotopic (exact) mass is 233 g/mol. The molecule has 92 valence electrons. The van der Waals surface area contributed by atoms with Gasteiger partial charge in [-0.2, -0.15) is 5.10 Å². The molecule has 0 saturated carbocycles. The summed E-state index contributed by atoms with van der Waals surface area (Å²) in [5.74, 6) is 0.990. The number of rotatable bonds is 5. The van der Waals surface area contributed by atoms with Crippen LogP contribution in [0.5, 0.6) is 0 Å². The van der Waals surface area contributed by atoms with E-state index in [1.807, 2.05) is 17.6 Å². The zero-order valence-electron chi connectivity index (χ0n) is 10.4. The quantitative estimate of drug-likeness (QED) is 0.843. The molecule has 0 atom stereocenters. The molecule has 0 saturated heterocycles. The smallest absolute Gasteiger partial charge is 0.154 e. The highest BCUT2D eigenvalue weighted by molar-refractivity contribution is 5.68. The van der Waals surface area contributed by atoms with Crippen molar-refractivity contribution in [3.05, 3.63) is 24.2 Å². The molecule has 0 aliphatic carbocycles. The lowest BCUT2D eigenvalue weighted by atomic mass is 10.3. The molecule has 2 heterocycles. The van der Waals surface area contributed by atoms with Gasteiger partial charge in [0.1, 0.15) is 5.52 Å². The Morgan fingerprint density at radius 3 is 3.00 bits per heavy atom. The molecule has 5 nitrogen and oxygen atoms in total. The number of fused-ring (bicyclic) bond motifs is 1. The van der Waals surface area contributed by atoms with E-state index < -0.39 is 0 Å². The van der Waals surface area contributed by atoms with Crippen molar-refractivity contribution in [1.29, 1.82) is 0 Å². The van der Waals surface area contributed by atoms with Gasteiger partial charge in [0.15, 0.2) is 5.82 Å². The fraction of sp³-hybridized carbons (Fsp3) is 0.500. The lowest BCUT2D eigenvalue weighted by Gasteiger charge is -2.22. The molecule has 5 heteroatoms. The van der Waals surface area contributed by atoms with Gasteiger partial charge in [-0.25, -0.2) is 9.50 Å². The van der Waals surface area contributed by atoms with Gasteiger partial charge in [0, 0.05) is 25.5 Å². The maximum atomic E-state index is 5.56. The van der Waals surface area contributed by atoms with Crippen LogP contribution in [0.2, 0.25) is 0 Å². The Morgan fingerprint density at radius 2 is 2.29 bits per heavy atom. The van der Waals surface area contributed by atoms with Crippen molar-refractivity contribution in [3.63, 3.8) is 0 Å². The molecule has 0 unspecified atom stereocenters. The Morgan fingerprint density at radius 1 is 1.47 bits per heavy atom. The van der Waals surface area contributed by atoms with Crippen molar-refractivity contribution in [3.8, 4) is 0 Å². The molecule has 0 aromatic carbocycles. The predicted molar refractivity (Wildman–Crippen MR) is 69.3 cm³/mol. The molecule has 2 rings (SSSR count). The third kappa shape index (κ3) is 2.39. The maximum Gasteiger partial charge on any atom is 0.154 e. The van der Waals surface area contributed by atoms with E-state index in [9.17, 15) is 0 Å². The maximum absolute atomic E-state index is 5.56. The molecular formula is C12H19N5. The number of anilines is 1. The molecule has 0 spiro atoms. The first-order valence-corrected chi connectivity index (χ1v) is 6.02. The van der Waals surface area contributed by atoms with Crippen LogP contribution in [-0.4, -0.2) is 34.2 Å². The summed E-state index contributed by atoms with van der Waals surface area (Å²) in [6.07, 6.45) is 4.65. The van der Waals surface area contributed by atoms with Crippen LogP contribution >= 0.6 is 0 Å². The van der Waals surface area contributed by atoms with Crippen molar-refractivity contribution in [2.24, 2.45) is 5.73 Å². The minimum Gasteiger partial charge on any atom is -0.355 e. The highest BCUT2D eigenvalue weighted by atomic mass is 15.3. The molecular weight excluding hydrogens is 214 g/mol. The Labute approximate surface area is 101 Å². The van der Waals surface area contributed by atoms with Gasteiger partial charge in [-0.1, -0.05) is 0 Å². The normalized spacial score (nSPS) is 11.0. The fourth-order valence-corrected chi connectivity index (χ4v) is 1.97. The topological polar surface area (TPSA) is 59.5 Å². The number of hydrogen-bond donors (Lipinski definition) is 1. The summed E-state index contributed by atoms with van der Waals surface area (Å²) in [6, 6.07) is 2.06. The van der Waals surface area contributed by atoms with E-state index in [1.54, 1.807) is 6.20 Å². The molecule has 2 N–H and O–H groups in total. The molecule has 0 bridgehead atoms. The lowest BCUT2D eigenvalue weighted by molar-refractivity contribution is 0.743. The number of nitrogens with zero attached hydrogens (tertiary/aromatic N) is 4. The molecule has 0 aliphatic rings. The molecule has 0 amide bonds. The van der Waals surface area contributed by atoms with Crippen molar-refractivity contribution >= 4 is 11.3 Å². The van der Waals surface area contributed by atoms with Crippen LogP contribution < -0.4 is 10.6 Å². The third-order valence-electron chi connectivity index (χ3n) is 2.81. The molecule has 0 aliphatic heterocycles. The molecule has 0 fully saturated rings. The first-order chi connectivity index (χ1) is 8.26. The first-order valence-electron chi connectivity index (χ1n) is 6.02. The van der Waals surface area contributed by atoms with E-state index in [1.165, 1.54) is 0 Å². The van der Waals surface area contributed by atoms with Crippen LogP contribution in [0, 0.1) is 6.92 Å². The number of hydrogen-bond acceptors (Lipinski definition) is 4. The van der Waals surface area contributed by atoms with Gasteiger partial charge in [0.05, 0.1) is 5.69 Å². The van der Waals surface area contributed by atoms with Crippen molar-refractivity contribution in [2.45, 2.75) is 20.3 Å². The largest absolute Gasteiger partial charge is 0.355 e. The predicted octanol–water partition coefficient (Wildman–Crippen LogP) is 1.21. The SMILES string of the molecule is CCN(CCCN)c1nccn2nc(C)cc12. The molecule has 0 radical (unpaired) electrons. The summed E-state index contributed by atoms with van der Waals surface area (Å²) in [5, 5.41) is 4.40. The number of aryl methyl sites for hydroxylation is 1. The molecule has 2 aromatic heterocycles. The van der Waals surface area contributed by atoms with Crippen LogP contribution in [0.25, 0.3) is 5.52 Å². The Bertz CT molecular complexity index is 491. The number of aromatic nitrogens is 3. The van der Waals surface area contributed by atoms with E-state index in [4.69, 9.17) is 5.73 Å². The van der Waals surface area contributed by atoms with Crippen LogP contribution in [0.3, 0.4) is 0 Å². The Balaban J connectivity index is 2.38. The van der Waals surface area contributed by atoms with Crippen molar-refractivity contribution in [2.75, 3.05) is 24.5 Å². The van der Waals surface area contributed by atoms with Crippen LogP contribution in [0.1, 0.15) is 19.0 Å². The van der Waals surface area contributed by atoms with E-state index in [0.717, 1.165) is 36.5 Å². The van der Waals surface area contributed by atoms with E-state index >= 15 is 0 Å². The summed E-state index contributed by atoms with van der Waals surface area (Å²) in [7, 11) is 0. The zero-order chi connectivity index (χ0) is 12.3. The lowest BCUT2D eigenvalue weighted by Crippen LogP contribution is -2.27. The average Bonchev–Trinajstić information content (AvgIpc) is 2.71. The second-order valence-corrected chi connectivity index (χ2v) is 4.09. The van der Waals surface area contributed by atoms with Gasteiger partial charge >= 0.3 is 0 Å². The second kappa shape index (κ2) is 5.14. The van der Waals surface area contributed by atoms with Crippen LogP contribution in [0.4, 0.5) is 5.82 Å². The van der Waals surface area contributed by atoms with Gasteiger partial charge in [-0.3, -0.25) is 0 Å².